The number of rotatable bonds is 3. The van der Waals surface area contributed by atoms with Crippen LogP contribution in [0.2, 0.25) is 0 Å². The van der Waals surface area contributed by atoms with Crippen LogP contribution < -0.4 is 0 Å². The molecule has 1 unspecified atom stereocenters. The Hall–Kier alpha value is -0.370. The first-order chi connectivity index (χ1) is 13.9. The number of halogens is 4. The van der Waals surface area contributed by atoms with Gasteiger partial charge in [0, 0.05) is 12.3 Å². The average molecular weight is 516 g/mol. The lowest BCUT2D eigenvalue weighted by molar-refractivity contribution is -0.144. The molecule has 30 heavy (non-hydrogen) atoms. The van der Waals surface area contributed by atoms with E-state index in [1.165, 1.54) is 0 Å². The summed E-state index contributed by atoms with van der Waals surface area (Å²) < 4.78 is 5.91. The van der Waals surface area contributed by atoms with Gasteiger partial charge in [-0.1, -0.05) is 76.7 Å². The first-order valence-corrected chi connectivity index (χ1v) is 12.2. The fourth-order valence-corrected chi connectivity index (χ4v) is 4.96. The van der Waals surface area contributed by atoms with Crippen LogP contribution in [0.25, 0.3) is 0 Å². The van der Waals surface area contributed by atoms with Gasteiger partial charge in [-0.15, -0.1) is 11.8 Å². The lowest BCUT2D eigenvalue weighted by atomic mass is 10.1. The molecule has 1 aromatic carbocycles. The molecule has 2 aliphatic heterocycles. The molecule has 0 spiro atoms. The molecule has 5 nitrogen and oxygen atoms in total. The Morgan fingerprint density at radius 2 is 1.53 bits per heavy atom. The molecule has 0 N–H and O–H groups in total. The third kappa shape index (κ3) is 6.33. The van der Waals surface area contributed by atoms with Crippen molar-refractivity contribution < 1.29 is 14.3 Å². The molecule has 0 aliphatic carbocycles. The van der Waals surface area contributed by atoms with E-state index in [1.54, 1.807) is 21.6 Å². The van der Waals surface area contributed by atoms with E-state index in [9.17, 15) is 9.59 Å². The summed E-state index contributed by atoms with van der Waals surface area (Å²) in [7, 11) is 0. The fraction of sp³-hybridized carbons (Fsp3) is 0.600. The third-order valence-electron chi connectivity index (χ3n) is 4.93. The zero-order valence-electron chi connectivity index (χ0n) is 17.3. The smallest absolute Gasteiger partial charge is 0.258 e. The number of carbonyl (C=O) groups excluding carboxylic acids is 2. The van der Waals surface area contributed by atoms with Crippen LogP contribution in [0.5, 0.6) is 0 Å². The number of thioether (sulfide) groups is 1. The maximum atomic E-state index is 11.9. The minimum atomic E-state index is -1.05. The lowest BCUT2D eigenvalue weighted by Gasteiger charge is -2.30. The second-order valence-electron chi connectivity index (χ2n) is 7.80. The van der Waals surface area contributed by atoms with Gasteiger partial charge < -0.3 is 14.5 Å². The molecule has 0 radical (unpaired) electrons. The third-order valence-corrected chi connectivity index (χ3v) is 6.99. The summed E-state index contributed by atoms with van der Waals surface area (Å²) in [4.78, 5) is 24.5. The Morgan fingerprint density at radius 3 is 2.00 bits per heavy atom. The van der Waals surface area contributed by atoms with E-state index in [4.69, 9.17) is 51.1 Å². The standard InChI is InChI=1S/C13H15Cl2NO2.C7H11Cl2NOS/c1-13(2)16(12(17)11(14)15)8-10(18-13)9-6-4-3-5-7-9;1-7(2)10(3-4-12-7)6(11)5(8)9/h3-7,10-11H,8H2,1-2H3;5H,3-4H2,1-2H3. The molecule has 168 valence electrons. The molecule has 0 saturated carbocycles. The zero-order chi connectivity index (χ0) is 22.7. The number of nitrogens with zero attached hydrogens (tertiary/aromatic N) is 2. The van der Waals surface area contributed by atoms with Gasteiger partial charge in [0.1, 0.15) is 11.8 Å². The molecule has 3 rings (SSSR count). The number of ether oxygens (including phenoxy) is 1. The first kappa shape index (κ1) is 25.9. The average Bonchev–Trinajstić information content (AvgIpc) is 3.19. The lowest BCUT2D eigenvalue weighted by Crippen LogP contribution is -2.45. The van der Waals surface area contributed by atoms with E-state index < -0.39 is 15.4 Å². The number of amides is 2. The van der Waals surface area contributed by atoms with Crippen molar-refractivity contribution in [3.05, 3.63) is 35.9 Å². The van der Waals surface area contributed by atoms with E-state index in [0.717, 1.165) is 17.9 Å². The predicted molar refractivity (Wildman–Crippen MR) is 125 cm³/mol. The van der Waals surface area contributed by atoms with Gasteiger partial charge in [0.25, 0.3) is 11.8 Å². The summed E-state index contributed by atoms with van der Waals surface area (Å²) in [5, 5.41) is 0. The molecule has 0 bridgehead atoms. The number of hydrogen-bond donors (Lipinski definition) is 0. The summed E-state index contributed by atoms with van der Waals surface area (Å²) in [5.41, 5.74) is 0.348. The Morgan fingerprint density at radius 1 is 1.00 bits per heavy atom. The molecular weight excluding hydrogens is 490 g/mol. The van der Waals surface area contributed by atoms with Crippen molar-refractivity contribution >= 4 is 70.0 Å². The second-order valence-corrected chi connectivity index (χ2v) is 11.7. The second kappa shape index (κ2) is 10.5. The number of benzene rings is 1. The normalized spacial score (nSPS) is 22.3. The van der Waals surface area contributed by atoms with Crippen molar-refractivity contribution in [2.75, 3.05) is 18.8 Å². The predicted octanol–water partition coefficient (Wildman–Crippen LogP) is 5.23. The van der Waals surface area contributed by atoms with E-state index in [1.807, 2.05) is 58.0 Å². The Balaban J connectivity index is 0.000000232. The molecule has 2 saturated heterocycles. The van der Waals surface area contributed by atoms with Crippen molar-refractivity contribution in [3.8, 4) is 0 Å². The van der Waals surface area contributed by atoms with Crippen molar-refractivity contribution in [2.45, 2.75) is 54.1 Å². The van der Waals surface area contributed by atoms with Crippen molar-refractivity contribution in [3.63, 3.8) is 0 Å². The highest BCUT2D eigenvalue weighted by Gasteiger charge is 2.44. The SMILES string of the molecule is CC1(C)OC(c2ccccc2)CN1C(=O)C(Cl)Cl.CC1(C)SCCN1C(=O)C(Cl)Cl. The van der Waals surface area contributed by atoms with Gasteiger partial charge in [-0.05, 0) is 33.3 Å². The molecule has 0 aromatic heterocycles. The van der Waals surface area contributed by atoms with Crippen molar-refractivity contribution in [1.82, 2.24) is 9.80 Å². The molecule has 1 atom stereocenters. The van der Waals surface area contributed by atoms with Gasteiger partial charge in [0.05, 0.1) is 11.4 Å². The van der Waals surface area contributed by atoms with Gasteiger partial charge in [0.15, 0.2) is 9.67 Å². The number of carbonyl (C=O) groups is 2. The van der Waals surface area contributed by atoms with Crippen LogP contribution in [-0.2, 0) is 14.3 Å². The largest absolute Gasteiger partial charge is 0.346 e. The van der Waals surface area contributed by atoms with Gasteiger partial charge in [-0.2, -0.15) is 0 Å². The topological polar surface area (TPSA) is 49.9 Å². The highest BCUT2D eigenvalue weighted by molar-refractivity contribution is 8.00. The van der Waals surface area contributed by atoms with Crippen LogP contribution in [0.15, 0.2) is 30.3 Å². The molecular formula is C20H26Cl4N2O3S. The van der Waals surface area contributed by atoms with Crippen LogP contribution in [-0.4, -0.2) is 60.7 Å². The Bertz CT molecular complexity index is 747. The molecule has 2 amide bonds. The minimum Gasteiger partial charge on any atom is -0.346 e. The Kier molecular flexibility index (Phi) is 9.06. The highest BCUT2D eigenvalue weighted by Crippen LogP contribution is 2.37. The molecule has 2 fully saturated rings. The first-order valence-electron chi connectivity index (χ1n) is 9.43. The quantitative estimate of drug-likeness (QED) is 0.517. The van der Waals surface area contributed by atoms with Gasteiger partial charge >= 0.3 is 0 Å². The van der Waals surface area contributed by atoms with Crippen LogP contribution in [0.1, 0.15) is 39.4 Å². The van der Waals surface area contributed by atoms with Gasteiger partial charge in [-0.3, -0.25) is 9.59 Å². The summed E-state index contributed by atoms with van der Waals surface area (Å²) in [6.45, 7) is 8.88. The van der Waals surface area contributed by atoms with E-state index in [-0.39, 0.29) is 22.8 Å². The summed E-state index contributed by atoms with van der Waals surface area (Å²) in [6.07, 6.45) is -0.141. The summed E-state index contributed by atoms with van der Waals surface area (Å²) in [5.74, 6) is 0.453. The monoisotopic (exact) mass is 514 g/mol. The van der Waals surface area contributed by atoms with Crippen molar-refractivity contribution in [1.29, 1.82) is 0 Å². The van der Waals surface area contributed by atoms with Crippen LogP contribution in [0, 0.1) is 0 Å². The maximum absolute atomic E-state index is 11.9. The zero-order valence-corrected chi connectivity index (χ0v) is 21.1. The van der Waals surface area contributed by atoms with Crippen LogP contribution in [0.3, 0.4) is 0 Å². The van der Waals surface area contributed by atoms with Crippen LogP contribution in [0.4, 0.5) is 0 Å². The fourth-order valence-electron chi connectivity index (χ4n) is 3.38. The summed E-state index contributed by atoms with van der Waals surface area (Å²) in [6, 6.07) is 9.80. The number of hydrogen-bond acceptors (Lipinski definition) is 4. The van der Waals surface area contributed by atoms with Crippen molar-refractivity contribution in [2.24, 2.45) is 0 Å². The highest BCUT2D eigenvalue weighted by atomic mass is 35.5. The van der Waals surface area contributed by atoms with Gasteiger partial charge in [0.2, 0.25) is 0 Å². The molecule has 2 heterocycles. The van der Waals surface area contributed by atoms with E-state index >= 15 is 0 Å². The van der Waals surface area contributed by atoms with Gasteiger partial charge in [-0.25, -0.2) is 0 Å². The summed E-state index contributed by atoms with van der Waals surface area (Å²) >= 11 is 24.0. The van der Waals surface area contributed by atoms with Crippen LogP contribution >= 0.6 is 58.2 Å². The van der Waals surface area contributed by atoms with E-state index in [2.05, 4.69) is 0 Å². The molecule has 10 heteroatoms. The minimum absolute atomic E-state index is 0.141. The number of alkyl halides is 4. The Labute approximate surface area is 202 Å². The van der Waals surface area contributed by atoms with E-state index in [0.29, 0.717) is 6.54 Å². The molecule has 2 aliphatic rings. The maximum Gasteiger partial charge on any atom is 0.258 e. The molecule has 1 aromatic rings.